The molecule has 0 fully saturated rings. The third-order valence-corrected chi connectivity index (χ3v) is 7.39. The molecule has 1 unspecified atom stereocenters. The van der Waals surface area contributed by atoms with E-state index in [1.807, 2.05) is 26.0 Å². The van der Waals surface area contributed by atoms with E-state index in [4.69, 9.17) is 13.9 Å². The molecule has 8 nitrogen and oxygen atoms in total. The van der Waals surface area contributed by atoms with Crippen LogP contribution in [0.15, 0.2) is 51.7 Å². The number of nitrogens with zero attached hydrogens (tertiary/aromatic N) is 3. The molecule has 1 atom stereocenters. The van der Waals surface area contributed by atoms with Crippen LogP contribution >= 0.6 is 11.3 Å². The van der Waals surface area contributed by atoms with Crippen LogP contribution in [0.2, 0.25) is 0 Å². The molecule has 186 valence electrons. The number of benzene rings is 2. The van der Waals surface area contributed by atoms with Crippen molar-refractivity contribution in [3.8, 4) is 11.5 Å². The molecule has 2 aromatic heterocycles. The normalized spacial score (nSPS) is 15.1. The summed E-state index contributed by atoms with van der Waals surface area (Å²) in [6.07, 6.45) is 1.94. The minimum atomic E-state index is -0.750. The van der Waals surface area contributed by atoms with Crippen molar-refractivity contribution in [2.45, 2.75) is 45.6 Å². The Morgan fingerprint density at radius 1 is 1.11 bits per heavy atom. The number of carbonyl (C=O) groups excluding carboxylic acids is 1. The maximum absolute atomic E-state index is 13.7. The summed E-state index contributed by atoms with van der Waals surface area (Å²) in [6, 6.07) is 11.7. The molecule has 0 N–H and O–H groups in total. The molecule has 0 saturated carbocycles. The summed E-state index contributed by atoms with van der Waals surface area (Å²) >= 11 is 1.33. The van der Waals surface area contributed by atoms with E-state index in [1.165, 1.54) is 16.2 Å². The second-order valence-corrected chi connectivity index (χ2v) is 9.93. The van der Waals surface area contributed by atoms with Crippen molar-refractivity contribution in [1.82, 2.24) is 10.2 Å². The fourth-order valence-electron chi connectivity index (χ4n) is 4.29. The van der Waals surface area contributed by atoms with Gasteiger partial charge in [0.25, 0.3) is 5.91 Å². The molecule has 0 radical (unpaired) electrons. The van der Waals surface area contributed by atoms with E-state index in [9.17, 15) is 9.59 Å². The van der Waals surface area contributed by atoms with Crippen LogP contribution in [0.4, 0.5) is 5.13 Å². The number of unbranched alkanes of at least 4 members (excludes halogenated alkanes) is 1. The van der Waals surface area contributed by atoms with Gasteiger partial charge in [0.1, 0.15) is 10.6 Å². The maximum Gasteiger partial charge on any atom is 0.297 e. The van der Waals surface area contributed by atoms with Gasteiger partial charge in [0.05, 0.1) is 30.7 Å². The Hall–Kier alpha value is -3.72. The second-order valence-electron chi connectivity index (χ2n) is 8.94. The van der Waals surface area contributed by atoms with Gasteiger partial charge < -0.3 is 13.9 Å². The zero-order chi connectivity index (χ0) is 25.4. The van der Waals surface area contributed by atoms with Crippen molar-refractivity contribution in [2.24, 2.45) is 0 Å². The number of para-hydroxylation sites is 1. The zero-order valence-electron chi connectivity index (χ0n) is 20.6. The molecular formula is C27H27N3O5S. The van der Waals surface area contributed by atoms with E-state index >= 15 is 0 Å². The maximum atomic E-state index is 13.7. The average molecular weight is 506 g/mol. The number of fused-ring (bicyclic) bond motifs is 2. The minimum Gasteiger partial charge on any atom is -0.493 e. The average Bonchev–Trinajstić information content (AvgIpc) is 3.48. The number of rotatable bonds is 8. The number of methoxy groups -OCH3 is 1. The molecule has 0 saturated heterocycles. The number of ether oxygens (including phenoxy) is 2. The van der Waals surface area contributed by atoms with Crippen molar-refractivity contribution in [3.05, 3.63) is 74.6 Å². The summed E-state index contributed by atoms with van der Waals surface area (Å²) in [5.41, 5.74) is 1.09. The van der Waals surface area contributed by atoms with E-state index in [2.05, 4.69) is 17.1 Å². The molecule has 2 aromatic carbocycles. The summed E-state index contributed by atoms with van der Waals surface area (Å²) in [6.45, 7) is 6.70. The molecule has 3 heterocycles. The van der Waals surface area contributed by atoms with E-state index in [1.54, 1.807) is 37.4 Å². The smallest absolute Gasteiger partial charge is 0.297 e. The Labute approximate surface area is 212 Å². The highest BCUT2D eigenvalue weighted by Crippen LogP contribution is 2.44. The number of anilines is 1. The highest BCUT2D eigenvalue weighted by atomic mass is 32.1. The van der Waals surface area contributed by atoms with Crippen LogP contribution in [0.25, 0.3) is 11.0 Å². The quantitative estimate of drug-likeness (QED) is 0.283. The molecule has 5 rings (SSSR count). The fourth-order valence-corrected chi connectivity index (χ4v) is 5.16. The molecule has 1 aliphatic heterocycles. The van der Waals surface area contributed by atoms with Gasteiger partial charge in [-0.05, 0) is 36.2 Å². The van der Waals surface area contributed by atoms with E-state index in [0.29, 0.717) is 39.8 Å². The summed E-state index contributed by atoms with van der Waals surface area (Å²) in [7, 11) is 1.57. The Kier molecular flexibility index (Phi) is 6.49. The summed E-state index contributed by atoms with van der Waals surface area (Å²) in [5, 5.41) is 10.2. The number of carbonyl (C=O) groups is 1. The first kappa shape index (κ1) is 24.0. The van der Waals surface area contributed by atoms with Crippen molar-refractivity contribution in [1.29, 1.82) is 0 Å². The van der Waals surface area contributed by atoms with Crippen LogP contribution in [0.5, 0.6) is 11.5 Å². The first-order valence-electron chi connectivity index (χ1n) is 12.0. The van der Waals surface area contributed by atoms with E-state index < -0.39 is 11.9 Å². The lowest BCUT2D eigenvalue weighted by Crippen LogP contribution is -2.29. The Balaban J connectivity index is 1.69. The third kappa shape index (κ3) is 4.03. The van der Waals surface area contributed by atoms with E-state index in [0.717, 1.165) is 17.8 Å². The first-order chi connectivity index (χ1) is 17.4. The predicted molar refractivity (Wildman–Crippen MR) is 139 cm³/mol. The van der Waals surface area contributed by atoms with Crippen molar-refractivity contribution < 1.29 is 18.7 Å². The lowest BCUT2D eigenvalue weighted by Gasteiger charge is -2.23. The van der Waals surface area contributed by atoms with E-state index in [-0.39, 0.29) is 22.7 Å². The topological polar surface area (TPSA) is 94.8 Å². The van der Waals surface area contributed by atoms with Crippen molar-refractivity contribution >= 4 is 33.3 Å². The standard InChI is InChI=1S/C27H27N3O5S/c1-5-6-13-34-19-12-11-16(14-20(19)33-4)22-21-23(31)17-9-7-8-10-18(17)35-24(21)26(32)30(22)27-29-28-25(36-27)15(2)3/h7-12,14-15,22H,5-6,13H2,1-4H3. The Morgan fingerprint density at radius 2 is 1.92 bits per heavy atom. The van der Waals surface area contributed by atoms with Gasteiger partial charge in [0.15, 0.2) is 16.9 Å². The molecule has 0 spiro atoms. The van der Waals surface area contributed by atoms with Gasteiger partial charge in [0, 0.05) is 5.92 Å². The number of hydrogen-bond donors (Lipinski definition) is 0. The highest BCUT2D eigenvalue weighted by molar-refractivity contribution is 7.15. The molecular weight excluding hydrogens is 478 g/mol. The number of amides is 1. The van der Waals surface area contributed by atoms with Crippen LogP contribution in [0.1, 0.15) is 72.3 Å². The largest absolute Gasteiger partial charge is 0.493 e. The lowest BCUT2D eigenvalue weighted by atomic mass is 9.98. The molecule has 9 heteroatoms. The SMILES string of the molecule is CCCCOc1ccc(C2c3c(oc4ccccc4c3=O)C(=O)N2c2nnc(C(C)C)s2)cc1OC. The predicted octanol–water partition coefficient (Wildman–Crippen LogP) is 5.71. The molecule has 4 aromatic rings. The van der Waals surface area contributed by atoms with Crippen LogP contribution in [0, 0.1) is 0 Å². The van der Waals surface area contributed by atoms with Gasteiger partial charge >= 0.3 is 0 Å². The van der Waals surface area contributed by atoms with Crippen LogP contribution in [0.3, 0.4) is 0 Å². The van der Waals surface area contributed by atoms with Crippen molar-refractivity contribution in [2.75, 3.05) is 18.6 Å². The minimum absolute atomic E-state index is 0.0206. The molecule has 0 bridgehead atoms. The Bertz CT molecular complexity index is 1490. The summed E-state index contributed by atoms with van der Waals surface area (Å²) in [5.74, 6) is 0.875. The fraction of sp³-hybridized carbons (Fsp3) is 0.333. The van der Waals surface area contributed by atoms with Gasteiger partial charge in [-0.3, -0.25) is 14.5 Å². The van der Waals surface area contributed by atoms with Crippen LogP contribution in [-0.4, -0.2) is 29.8 Å². The highest BCUT2D eigenvalue weighted by Gasteiger charge is 2.45. The lowest BCUT2D eigenvalue weighted by molar-refractivity contribution is 0.0970. The molecule has 1 aliphatic rings. The zero-order valence-corrected chi connectivity index (χ0v) is 21.4. The second kappa shape index (κ2) is 9.73. The monoisotopic (exact) mass is 505 g/mol. The van der Waals surface area contributed by atoms with Gasteiger partial charge in [-0.2, -0.15) is 0 Å². The first-order valence-corrected chi connectivity index (χ1v) is 12.8. The van der Waals surface area contributed by atoms with Crippen LogP contribution in [-0.2, 0) is 0 Å². The number of hydrogen-bond acceptors (Lipinski definition) is 8. The molecule has 0 aliphatic carbocycles. The van der Waals surface area contributed by atoms with Crippen molar-refractivity contribution in [3.63, 3.8) is 0 Å². The molecule has 1 amide bonds. The van der Waals surface area contributed by atoms with Gasteiger partial charge in [-0.1, -0.05) is 56.7 Å². The summed E-state index contributed by atoms with van der Waals surface area (Å²) < 4.78 is 17.5. The number of aromatic nitrogens is 2. The summed E-state index contributed by atoms with van der Waals surface area (Å²) in [4.78, 5) is 28.9. The molecule has 36 heavy (non-hydrogen) atoms. The third-order valence-electron chi connectivity index (χ3n) is 6.17. The van der Waals surface area contributed by atoms with Crippen LogP contribution < -0.4 is 19.8 Å². The van der Waals surface area contributed by atoms with Gasteiger partial charge in [0.2, 0.25) is 10.9 Å². The van der Waals surface area contributed by atoms with Gasteiger partial charge in [-0.25, -0.2) is 0 Å². The Morgan fingerprint density at radius 3 is 2.64 bits per heavy atom. The van der Waals surface area contributed by atoms with Gasteiger partial charge in [-0.15, -0.1) is 10.2 Å².